The number of hydrogen-bond donors (Lipinski definition) is 2. The molecule has 1 atom stereocenters. The van der Waals surface area contributed by atoms with Gasteiger partial charge < -0.3 is 0 Å². The second-order valence-corrected chi connectivity index (χ2v) is 4.95. The Bertz CT molecular complexity index is 495. The fourth-order valence-electron chi connectivity index (χ4n) is 1.52. The lowest BCUT2D eigenvalue weighted by atomic mass is 10.1. The molecule has 0 bridgehead atoms. The van der Waals surface area contributed by atoms with Crippen molar-refractivity contribution in [3.05, 3.63) is 47.8 Å². The smallest absolute Gasteiger partial charge is 0.0889 e. The Balaban J connectivity index is 2.32. The van der Waals surface area contributed by atoms with Crippen LogP contribution >= 0.6 is 25.3 Å². The largest absolute Gasteiger partial charge is 0.255 e. The maximum atomic E-state index is 4.41. The zero-order chi connectivity index (χ0) is 12.3. The number of aromatic nitrogens is 2. The van der Waals surface area contributed by atoms with Gasteiger partial charge in [0.25, 0.3) is 0 Å². The lowest BCUT2D eigenvalue weighted by Gasteiger charge is -2.06. The van der Waals surface area contributed by atoms with Crippen LogP contribution in [0.4, 0.5) is 0 Å². The van der Waals surface area contributed by atoms with E-state index in [-0.39, 0.29) is 5.25 Å². The first-order valence-electron chi connectivity index (χ1n) is 5.41. The van der Waals surface area contributed by atoms with Crippen LogP contribution in [-0.2, 0) is 5.75 Å². The van der Waals surface area contributed by atoms with Crippen LogP contribution in [0.15, 0.2) is 36.7 Å². The molecule has 0 radical (unpaired) electrons. The topological polar surface area (TPSA) is 25.8 Å². The minimum atomic E-state index is 0.202. The molecular weight excluding hydrogens is 248 g/mol. The summed E-state index contributed by atoms with van der Waals surface area (Å²) in [5, 5.41) is 0.202. The van der Waals surface area contributed by atoms with Gasteiger partial charge in [-0.15, -0.1) is 0 Å². The van der Waals surface area contributed by atoms with Gasteiger partial charge in [-0.05, 0) is 36.2 Å². The molecule has 0 amide bonds. The van der Waals surface area contributed by atoms with E-state index in [0.29, 0.717) is 5.75 Å². The molecule has 0 aromatic carbocycles. The molecule has 0 spiro atoms. The van der Waals surface area contributed by atoms with Crippen molar-refractivity contribution in [2.75, 3.05) is 0 Å². The fourth-order valence-corrected chi connectivity index (χ4v) is 1.87. The molecule has 2 rings (SSSR count). The number of pyridine rings is 2. The Morgan fingerprint density at radius 2 is 2.00 bits per heavy atom. The van der Waals surface area contributed by atoms with E-state index in [4.69, 9.17) is 0 Å². The van der Waals surface area contributed by atoms with Crippen molar-refractivity contribution in [1.29, 1.82) is 0 Å². The monoisotopic (exact) mass is 262 g/mol. The van der Waals surface area contributed by atoms with E-state index >= 15 is 0 Å². The number of rotatable bonds is 3. The van der Waals surface area contributed by atoms with Gasteiger partial charge in [-0.1, -0.05) is 6.07 Å². The summed E-state index contributed by atoms with van der Waals surface area (Å²) in [6.07, 6.45) is 3.64. The molecule has 1 unspecified atom stereocenters. The van der Waals surface area contributed by atoms with Gasteiger partial charge in [-0.25, -0.2) is 0 Å². The van der Waals surface area contributed by atoms with Crippen molar-refractivity contribution >= 4 is 25.3 Å². The number of hydrogen-bond acceptors (Lipinski definition) is 4. The van der Waals surface area contributed by atoms with E-state index in [9.17, 15) is 0 Å². The third-order valence-corrected chi connectivity index (χ3v) is 3.20. The summed E-state index contributed by atoms with van der Waals surface area (Å²) in [4.78, 5) is 8.73. The highest BCUT2D eigenvalue weighted by atomic mass is 32.1. The molecule has 0 aliphatic rings. The first-order chi connectivity index (χ1) is 8.20. The van der Waals surface area contributed by atoms with Gasteiger partial charge in [0, 0.05) is 23.4 Å². The molecular formula is C13H14N2S2. The summed E-state index contributed by atoms with van der Waals surface area (Å²) in [6, 6.07) is 7.99. The standard InChI is InChI=1S/C13H14N2S2/c1-9(17)11-2-3-12(15-7-11)13-6-10(8-16)4-5-14-13/h2-7,9,16-17H,8H2,1H3. The van der Waals surface area contributed by atoms with E-state index in [1.165, 1.54) is 0 Å². The average molecular weight is 262 g/mol. The van der Waals surface area contributed by atoms with E-state index in [1.54, 1.807) is 6.20 Å². The average Bonchev–Trinajstić information content (AvgIpc) is 2.39. The van der Waals surface area contributed by atoms with Crippen LogP contribution in [-0.4, -0.2) is 9.97 Å². The highest BCUT2D eigenvalue weighted by Gasteiger charge is 2.04. The van der Waals surface area contributed by atoms with Gasteiger partial charge in [-0.3, -0.25) is 9.97 Å². The van der Waals surface area contributed by atoms with Crippen molar-refractivity contribution < 1.29 is 0 Å². The van der Waals surface area contributed by atoms with Crippen molar-refractivity contribution in [2.45, 2.75) is 17.9 Å². The van der Waals surface area contributed by atoms with Gasteiger partial charge in [0.1, 0.15) is 0 Å². The Hall–Kier alpha value is -1.00. The van der Waals surface area contributed by atoms with E-state index < -0.39 is 0 Å². The van der Waals surface area contributed by atoms with E-state index in [1.807, 2.05) is 37.4 Å². The predicted molar refractivity (Wildman–Crippen MR) is 77.6 cm³/mol. The van der Waals surface area contributed by atoms with Crippen molar-refractivity contribution in [3.63, 3.8) is 0 Å². The second kappa shape index (κ2) is 5.56. The van der Waals surface area contributed by atoms with Crippen LogP contribution in [0.5, 0.6) is 0 Å². The number of thiol groups is 2. The van der Waals surface area contributed by atoms with Gasteiger partial charge >= 0.3 is 0 Å². The highest BCUT2D eigenvalue weighted by molar-refractivity contribution is 7.80. The van der Waals surface area contributed by atoms with Gasteiger partial charge in [0.2, 0.25) is 0 Å². The zero-order valence-corrected chi connectivity index (χ0v) is 11.3. The maximum Gasteiger partial charge on any atom is 0.0889 e. The zero-order valence-electron chi connectivity index (χ0n) is 9.54. The highest BCUT2D eigenvalue weighted by Crippen LogP contribution is 2.21. The second-order valence-electron chi connectivity index (χ2n) is 3.86. The Labute approximate surface area is 112 Å². The van der Waals surface area contributed by atoms with Gasteiger partial charge in [0.05, 0.1) is 11.4 Å². The molecule has 2 aromatic rings. The molecule has 17 heavy (non-hydrogen) atoms. The molecule has 2 nitrogen and oxygen atoms in total. The SMILES string of the molecule is CC(S)c1ccc(-c2cc(CS)ccn2)nc1. The maximum absolute atomic E-state index is 4.41. The predicted octanol–water partition coefficient (Wildman–Crippen LogP) is 3.56. The number of nitrogens with zero attached hydrogens (tertiary/aromatic N) is 2. The van der Waals surface area contributed by atoms with Crippen molar-refractivity contribution in [2.24, 2.45) is 0 Å². The Morgan fingerprint density at radius 3 is 2.59 bits per heavy atom. The fraction of sp³-hybridized carbons (Fsp3) is 0.231. The molecule has 0 saturated carbocycles. The van der Waals surface area contributed by atoms with Crippen molar-refractivity contribution in [1.82, 2.24) is 9.97 Å². The minimum absolute atomic E-state index is 0.202. The van der Waals surface area contributed by atoms with Crippen LogP contribution in [0.3, 0.4) is 0 Å². The van der Waals surface area contributed by atoms with E-state index in [0.717, 1.165) is 22.5 Å². The normalized spacial score (nSPS) is 12.4. The lowest BCUT2D eigenvalue weighted by Crippen LogP contribution is -1.91. The van der Waals surface area contributed by atoms with Crippen LogP contribution < -0.4 is 0 Å². The molecule has 2 aromatic heterocycles. The van der Waals surface area contributed by atoms with Crippen LogP contribution in [0.2, 0.25) is 0 Å². The molecule has 0 aliphatic carbocycles. The summed E-state index contributed by atoms with van der Waals surface area (Å²) in [7, 11) is 0. The first kappa shape index (κ1) is 12.5. The lowest BCUT2D eigenvalue weighted by molar-refractivity contribution is 1.08. The molecule has 0 fully saturated rings. The van der Waals surface area contributed by atoms with Crippen LogP contribution in [0.25, 0.3) is 11.4 Å². The quantitative estimate of drug-likeness (QED) is 0.827. The molecule has 0 aliphatic heterocycles. The van der Waals surface area contributed by atoms with Gasteiger partial charge in [-0.2, -0.15) is 25.3 Å². The third-order valence-electron chi connectivity index (χ3n) is 2.54. The molecule has 0 saturated heterocycles. The van der Waals surface area contributed by atoms with Gasteiger partial charge in [0.15, 0.2) is 0 Å². The third kappa shape index (κ3) is 3.01. The van der Waals surface area contributed by atoms with Crippen LogP contribution in [0, 0.1) is 0 Å². The summed E-state index contributed by atoms with van der Waals surface area (Å²) in [5.41, 5.74) is 4.02. The molecule has 2 heterocycles. The molecule has 0 N–H and O–H groups in total. The van der Waals surface area contributed by atoms with Crippen molar-refractivity contribution in [3.8, 4) is 11.4 Å². The summed E-state index contributed by atoms with van der Waals surface area (Å²) in [6.45, 7) is 2.03. The minimum Gasteiger partial charge on any atom is -0.255 e. The van der Waals surface area contributed by atoms with E-state index in [2.05, 4.69) is 35.2 Å². The summed E-state index contributed by atoms with van der Waals surface area (Å²) in [5.74, 6) is 0.710. The van der Waals surface area contributed by atoms with Crippen LogP contribution in [0.1, 0.15) is 23.3 Å². The molecule has 88 valence electrons. The summed E-state index contributed by atoms with van der Waals surface area (Å²) >= 11 is 8.63. The Morgan fingerprint density at radius 1 is 1.18 bits per heavy atom. The first-order valence-corrected chi connectivity index (χ1v) is 6.56. The summed E-state index contributed by atoms with van der Waals surface area (Å²) < 4.78 is 0. The Kier molecular flexibility index (Phi) is 4.07. The molecule has 4 heteroatoms.